The molecule has 0 spiro atoms. The minimum Gasteiger partial charge on any atom is -0.480 e. The highest BCUT2D eigenvalue weighted by atomic mass is 16.5. The van der Waals surface area contributed by atoms with Crippen LogP contribution in [-0.4, -0.2) is 53.2 Å². The summed E-state index contributed by atoms with van der Waals surface area (Å²) in [6.45, 7) is 0.00490. The number of alkyl carbamates (subject to hydrolysis) is 1. The number of carboxylic acid groups (broad SMARTS) is 1. The second kappa shape index (κ2) is 9.49. The molecule has 34 heavy (non-hydrogen) atoms. The molecule has 0 saturated heterocycles. The minimum atomic E-state index is -0.986. The van der Waals surface area contributed by atoms with Crippen molar-refractivity contribution in [2.75, 3.05) is 13.2 Å². The molecule has 7 heteroatoms. The quantitative estimate of drug-likeness (QED) is 0.614. The van der Waals surface area contributed by atoms with Gasteiger partial charge in [0, 0.05) is 24.4 Å². The SMILES string of the molecule is O=C(O)CN(C(=O)CC1CCCC1NC(=O)OCC1c2ccccc2-c2ccccc21)C1CC1. The lowest BCUT2D eigenvalue weighted by Gasteiger charge is -2.25. The van der Waals surface area contributed by atoms with Crippen molar-refractivity contribution in [1.29, 1.82) is 0 Å². The van der Waals surface area contributed by atoms with E-state index in [-0.39, 0.29) is 49.4 Å². The number of rotatable bonds is 8. The highest BCUT2D eigenvalue weighted by Crippen LogP contribution is 2.44. The number of nitrogens with one attached hydrogen (secondary N) is 1. The molecule has 178 valence electrons. The number of carbonyl (C=O) groups excluding carboxylic acids is 2. The van der Waals surface area contributed by atoms with Crippen molar-refractivity contribution < 1.29 is 24.2 Å². The molecule has 2 aromatic carbocycles. The van der Waals surface area contributed by atoms with Gasteiger partial charge in [-0.3, -0.25) is 9.59 Å². The van der Waals surface area contributed by atoms with Gasteiger partial charge in [0.1, 0.15) is 13.2 Å². The van der Waals surface area contributed by atoms with Gasteiger partial charge in [-0.1, -0.05) is 55.0 Å². The third-order valence-corrected chi connectivity index (χ3v) is 7.36. The molecule has 3 aliphatic carbocycles. The number of amides is 2. The number of hydrogen-bond donors (Lipinski definition) is 2. The molecule has 2 fully saturated rings. The van der Waals surface area contributed by atoms with E-state index in [0.29, 0.717) is 0 Å². The van der Waals surface area contributed by atoms with Crippen LogP contribution in [0.5, 0.6) is 0 Å². The fourth-order valence-corrected chi connectivity index (χ4v) is 5.56. The number of aliphatic carboxylic acids is 1. The van der Waals surface area contributed by atoms with Crippen molar-refractivity contribution in [1.82, 2.24) is 10.2 Å². The first-order valence-electron chi connectivity index (χ1n) is 12.1. The number of nitrogens with zero attached hydrogens (tertiary/aromatic N) is 1. The third kappa shape index (κ3) is 4.65. The molecule has 0 radical (unpaired) electrons. The Balaban J connectivity index is 1.18. The smallest absolute Gasteiger partial charge is 0.407 e. The molecule has 2 unspecified atom stereocenters. The van der Waals surface area contributed by atoms with Gasteiger partial charge in [0.15, 0.2) is 0 Å². The van der Waals surface area contributed by atoms with Gasteiger partial charge in [0.25, 0.3) is 0 Å². The van der Waals surface area contributed by atoms with E-state index >= 15 is 0 Å². The van der Waals surface area contributed by atoms with Crippen LogP contribution in [0.3, 0.4) is 0 Å². The maximum Gasteiger partial charge on any atom is 0.407 e. The van der Waals surface area contributed by atoms with Gasteiger partial charge in [0.05, 0.1) is 0 Å². The Bertz CT molecular complexity index is 1050. The summed E-state index contributed by atoms with van der Waals surface area (Å²) >= 11 is 0. The van der Waals surface area contributed by atoms with E-state index in [9.17, 15) is 14.4 Å². The first kappa shape index (κ1) is 22.4. The van der Waals surface area contributed by atoms with Gasteiger partial charge in [-0.15, -0.1) is 0 Å². The van der Waals surface area contributed by atoms with Crippen LogP contribution in [0.2, 0.25) is 0 Å². The van der Waals surface area contributed by atoms with Crippen molar-refractivity contribution in [2.45, 2.75) is 56.5 Å². The van der Waals surface area contributed by atoms with Crippen molar-refractivity contribution in [3.8, 4) is 11.1 Å². The van der Waals surface area contributed by atoms with Gasteiger partial charge in [0.2, 0.25) is 5.91 Å². The van der Waals surface area contributed by atoms with E-state index in [1.807, 2.05) is 24.3 Å². The van der Waals surface area contributed by atoms with Gasteiger partial charge < -0.3 is 20.1 Å². The summed E-state index contributed by atoms with van der Waals surface area (Å²) in [6.07, 6.45) is 4.09. The van der Waals surface area contributed by atoms with E-state index in [2.05, 4.69) is 29.6 Å². The Morgan fingerprint density at radius 2 is 1.59 bits per heavy atom. The number of ether oxygens (including phenoxy) is 1. The van der Waals surface area contributed by atoms with Crippen molar-refractivity contribution >= 4 is 18.0 Å². The first-order valence-corrected chi connectivity index (χ1v) is 12.1. The molecule has 5 rings (SSSR count). The lowest BCUT2D eigenvalue weighted by molar-refractivity contribution is -0.145. The fraction of sp³-hybridized carbons (Fsp3) is 0.444. The predicted molar refractivity (Wildman–Crippen MR) is 126 cm³/mol. The zero-order chi connectivity index (χ0) is 23.7. The predicted octanol–water partition coefficient (Wildman–Crippen LogP) is 4.16. The lowest BCUT2D eigenvalue weighted by atomic mass is 9.98. The number of fused-ring (bicyclic) bond motifs is 3. The standard InChI is InChI=1S/C27H30N2O5/c30-25(29(15-26(31)32)18-12-13-18)14-17-6-5-11-24(17)28-27(33)34-16-23-21-9-3-1-7-19(21)20-8-2-4-10-22(20)23/h1-4,7-10,17-18,23-24H,5-6,11-16H2,(H,28,33)(H,31,32). The molecule has 0 aromatic heterocycles. The van der Waals surface area contributed by atoms with Crippen LogP contribution in [0.15, 0.2) is 48.5 Å². The molecule has 2 atom stereocenters. The Morgan fingerprint density at radius 1 is 0.941 bits per heavy atom. The fourth-order valence-electron chi connectivity index (χ4n) is 5.56. The summed E-state index contributed by atoms with van der Waals surface area (Å²) in [5, 5.41) is 12.1. The van der Waals surface area contributed by atoms with Crippen LogP contribution >= 0.6 is 0 Å². The average molecular weight is 463 g/mol. The molecule has 7 nitrogen and oxygen atoms in total. The molecule has 0 heterocycles. The van der Waals surface area contributed by atoms with E-state index < -0.39 is 12.1 Å². The Labute approximate surface area is 199 Å². The van der Waals surface area contributed by atoms with Crippen LogP contribution in [0.1, 0.15) is 55.6 Å². The second-order valence-electron chi connectivity index (χ2n) is 9.62. The van der Waals surface area contributed by atoms with Crippen molar-refractivity contribution in [3.05, 3.63) is 59.7 Å². The third-order valence-electron chi connectivity index (χ3n) is 7.36. The zero-order valence-electron chi connectivity index (χ0n) is 19.1. The number of carboxylic acids is 1. The van der Waals surface area contributed by atoms with Gasteiger partial charge >= 0.3 is 12.1 Å². The summed E-state index contributed by atoms with van der Waals surface area (Å²) in [7, 11) is 0. The summed E-state index contributed by atoms with van der Waals surface area (Å²) < 4.78 is 5.68. The summed E-state index contributed by atoms with van der Waals surface area (Å²) in [6, 6.07) is 16.4. The van der Waals surface area contributed by atoms with Crippen LogP contribution < -0.4 is 5.32 Å². The van der Waals surface area contributed by atoms with Crippen LogP contribution in [0.4, 0.5) is 4.79 Å². The molecule has 2 N–H and O–H groups in total. The molecular formula is C27H30N2O5. The molecule has 3 aliphatic rings. The van der Waals surface area contributed by atoms with Crippen LogP contribution in [-0.2, 0) is 14.3 Å². The van der Waals surface area contributed by atoms with E-state index in [0.717, 1.165) is 32.1 Å². The first-order chi connectivity index (χ1) is 16.5. The van der Waals surface area contributed by atoms with E-state index in [4.69, 9.17) is 9.84 Å². The molecule has 2 saturated carbocycles. The van der Waals surface area contributed by atoms with Crippen molar-refractivity contribution in [3.63, 3.8) is 0 Å². The van der Waals surface area contributed by atoms with Gasteiger partial charge in [-0.05, 0) is 53.9 Å². The van der Waals surface area contributed by atoms with E-state index in [1.54, 1.807) is 0 Å². The van der Waals surface area contributed by atoms with E-state index in [1.165, 1.54) is 27.2 Å². The Morgan fingerprint density at radius 3 is 2.21 bits per heavy atom. The topological polar surface area (TPSA) is 95.9 Å². The Hall–Kier alpha value is -3.35. The normalized spacial score (nSPS) is 20.9. The highest BCUT2D eigenvalue weighted by molar-refractivity contribution is 5.82. The van der Waals surface area contributed by atoms with Gasteiger partial charge in [-0.2, -0.15) is 0 Å². The maximum absolute atomic E-state index is 12.8. The van der Waals surface area contributed by atoms with Crippen LogP contribution in [0.25, 0.3) is 11.1 Å². The van der Waals surface area contributed by atoms with Crippen LogP contribution in [0, 0.1) is 5.92 Å². The summed E-state index contributed by atoms with van der Waals surface area (Å²) in [5.74, 6) is -1.11. The highest BCUT2D eigenvalue weighted by Gasteiger charge is 2.37. The lowest BCUT2D eigenvalue weighted by Crippen LogP contribution is -2.42. The minimum absolute atomic E-state index is 0.00206. The number of carbonyl (C=O) groups is 3. The monoisotopic (exact) mass is 462 g/mol. The summed E-state index contributed by atoms with van der Waals surface area (Å²) in [5.41, 5.74) is 4.70. The maximum atomic E-state index is 12.8. The second-order valence-corrected chi connectivity index (χ2v) is 9.62. The molecule has 0 aliphatic heterocycles. The number of hydrogen-bond acceptors (Lipinski definition) is 4. The molecule has 2 aromatic rings. The van der Waals surface area contributed by atoms with Gasteiger partial charge in [-0.25, -0.2) is 4.79 Å². The number of benzene rings is 2. The Kier molecular flexibility index (Phi) is 6.26. The largest absolute Gasteiger partial charge is 0.480 e. The molecule has 2 amide bonds. The zero-order valence-corrected chi connectivity index (χ0v) is 19.1. The molecule has 0 bridgehead atoms. The average Bonchev–Trinajstić information content (AvgIpc) is 3.51. The summed E-state index contributed by atoms with van der Waals surface area (Å²) in [4.78, 5) is 38.2. The molecular weight excluding hydrogens is 432 g/mol. The van der Waals surface area contributed by atoms with Crippen molar-refractivity contribution in [2.24, 2.45) is 5.92 Å².